The summed E-state index contributed by atoms with van der Waals surface area (Å²) in [5, 5.41) is 0. The van der Waals surface area contributed by atoms with Crippen LogP contribution in [0, 0.1) is 26.6 Å². The molecule has 0 saturated heterocycles. The Kier molecular flexibility index (Phi) is 3.81. The van der Waals surface area contributed by atoms with Gasteiger partial charge in [-0.15, -0.1) is 0 Å². The van der Waals surface area contributed by atoms with Gasteiger partial charge in [-0.2, -0.15) is 0 Å². The van der Waals surface area contributed by atoms with E-state index in [9.17, 15) is 12.8 Å². The van der Waals surface area contributed by atoms with Crippen LogP contribution in [0.4, 0.5) is 10.1 Å². The topological polar surface area (TPSA) is 46.2 Å². The Hall–Kier alpha value is -1.88. The number of sulfonamides is 1. The van der Waals surface area contributed by atoms with E-state index in [0.29, 0.717) is 11.3 Å². The third-order valence-corrected chi connectivity index (χ3v) is 4.58. The lowest BCUT2D eigenvalue weighted by Crippen LogP contribution is -2.14. The maximum Gasteiger partial charge on any atom is 0.261 e. The Morgan fingerprint density at radius 2 is 1.60 bits per heavy atom. The summed E-state index contributed by atoms with van der Waals surface area (Å²) in [7, 11) is -3.66. The summed E-state index contributed by atoms with van der Waals surface area (Å²) in [6.45, 7) is 5.43. The van der Waals surface area contributed by atoms with Crippen molar-refractivity contribution < 1.29 is 12.8 Å². The number of hydrogen-bond donors (Lipinski definition) is 1. The zero-order chi connectivity index (χ0) is 14.9. The van der Waals surface area contributed by atoms with Crippen LogP contribution in [0.5, 0.6) is 0 Å². The third-order valence-electron chi connectivity index (χ3n) is 3.22. The van der Waals surface area contributed by atoms with Crippen molar-refractivity contribution in [3.63, 3.8) is 0 Å². The minimum absolute atomic E-state index is 0.198. The highest BCUT2D eigenvalue weighted by atomic mass is 32.2. The van der Waals surface area contributed by atoms with Crippen LogP contribution in [-0.4, -0.2) is 8.42 Å². The molecule has 20 heavy (non-hydrogen) atoms. The monoisotopic (exact) mass is 293 g/mol. The molecule has 0 radical (unpaired) electrons. The number of hydrogen-bond acceptors (Lipinski definition) is 2. The fourth-order valence-corrected chi connectivity index (χ4v) is 3.04. The molecule has 0 aliphatic heterocycles. The van der Waals surface area contributed by atoms with E-state index in [1.807, 2.05) is 13.8 Å². The van der Waals surface area contributed by atoms with Gasteiger partial charge >= 0.3 is 0 Å². The largest absolute Gasteiger partial charge is 0.279 e. The molecule has 2 aromatic carbocycles. The van der Waals surface area contributed by atoms with Crippen molar-refractivity contribution >= 4 is 15.7 Å². The molecule has 1 N–H and O–H groups in total. The van der Waals surface area contributed by atoms with E-state index in [2.05, 4.69) is 4.72 Å². The molecule has 0 atom stereocenters. The van der Waals surface area contributed by atoms with Gasteiger partial charge in [0.15, 0.2) is 0 Å². The second-order valence-corrected chi connectivity index (χ2v) is 6.49. The number of anilines is 1. The highest BCUT2D eigenvalue weighted by molar-refractivity contribution is 7.92. The minimum atomic E-state index is -3.66. The second-order valence-electron chi connectivity index (χ2n) is 4.81. The molecule has 0 heterocycles. The van der Waals surface area contributed by atoms with Crippen molar-refractivity contribution in [1.29, 1.82) is 0 Å². The first kappa shape index (κ1) is 14.5. The van der Waals surface area contributed by atoms with Crippen molar-refractivity contribution in [2.24, 2.45) is 0 Å². The van der Waals surface area contributed by atoms with Crippen molar-refractivity contribution in [2.45, 2.75) is 25.7 Å². The molecule has 0 amide bonds. The summed E-state index contributed by atoms with van der Waals surface area (Å²) in [6, 6.07) is 8.88. The molecule has 2 aromatic rings. The average molecular weight is 293 g/mol. The van der Waals surface area contributed by atoms with Gasteiger partial charge in [0, 0.05) is 0 Å². The predicted octanol–water partition coefficient (Wildman–Crippen LogP) is 3.55. The molecule has 0 fully saturated rings. The van der Waals surface area contributed by atoms with Gasteiger partial charge in [0.1, 0.15) is 5.82 Å². The number of halogens is 1. The Balaban J connectivity index is 2.38. The highest BCUT2D eigenvalue weighted by Gasteiger charge is 2.16. The molecule has 0 aliphatic carbocycles. The van der Waals surface area contributed by atoms with Crippen LogP contribution in [-0.2, 0) is 10.0 Å². The van der Waals surface area contributed by atoms with Crippen LogP contribution >= 0.6 is 0 Å². The lowest BCUT2D eigenvalue weighted by atomic mass is 10.1. The van der Waals surface area contributed by atoms with Crippen LogP contribution in [0.1, 0.15) is 16.7 Å². The van der Waals surface area contributed by atoms with E-state index in [-0.39, 0.29) is 4.90 Å². The Bertz CT molecular complexity index is 754. The second kappa shape index (κ2) is 5.25. The molecule has 0 unspecified atom stereocenters. The summed E-state index contributed by atoms with van der Waals surface area (Å²) < 4.78 is 40.1. The maximum absolute atomic E-state index is 13.0. The number of nitrogens with one attached hydrogen (secondary N) is 1. The van der Waals surface area contributed by atoms with Crippen LogP contribution in [0.3, 0.4) is 0 Å². The van der Waals surface area contributed by atoms with Crippen LogP contribution < -0.4 is 4.72 Å². The van der Waals surface area contributed by atoms with Crippen LogP contribution in [0.2, 0.25) is 0 Å². The van der Waals surface area contributed by atoms with Gasteiger partial charge in [-0.1, -0.05) is 6.07 Å². The van der Waals surface area contributed by atoms with Gasteiger partial charge in [0.05, 0.1) is 10.6 Å². The lowest BCUT2D eigenvalue weighted by molar-refractivity contribution is 0.600. The summed E-state index contributed by atoms with van der Waals surface area (Å²) in [5.74, 6) is -0.392. The molecule has 0 spiro atoms. The van der Waals surface area contributed by atoms with Gasteiger partial charge in [0.2, 0.25) is 0 Å². The fourth-order valence-electron chi connectivity index (χ4n) is 1.83. The Labute approximate surface area is 118 Å². The standard InChI is InChI=1S/C15H16FNO2S/c1-10-4-6-14(9-11(10)2)20(18,19)17-15-7-5-13(16)8-12(15)3/h4-9,17H,1-3H3. The average Bonchev–Trinajstić information content (AvgIpc) is 2.36. The predicted molar refractivity (Wildman–Crippen MR) is 77.9 cm³/mol. The third kappa shape index (κ3) is 2.99. The van der Waals surface area contributed by atoms with E-state index in [1.165, 1.54) is 18.2 Å². The molecule has 2 rings (SSSR count). The molecule has 106 valence electrons. The number of rotatable bonds is 3. The summed E-state index contributed by atoms with van der Waals surface area (Å²) in [4.78, 5) is 0.198. The van der Waals surface area contributed by atoms with Crippen molar-refractivity contribution in [1.82, 2.24) is 0 Å². The van der Waals surface area contributed by atoms with Crippen molar-refractivity contribution in [3.8, 4) is 0 Å². The van der Waals surface area contributed by atoms with Gasteiger partial charge in [-0.3, -0.25) is 4.72 Å². The molecular formula is C15H16FNO2S. The van der Waals surface area contributed by atoms with Crippen molar-refractivity contribution in [3.05, 3.63) is 58.9 Å². The highest BCUT2D eigenvalue weighted by Crippen LogP contribution is 2.21. The molecule has 0 aliphatic rings. The molecule has 0 bridgehead atoms. The molecule has 0 aromatic heterocycles. The van der Waals surface area contributed by atoms with E-state index < -0.39 is 15.8 Å². The van der Waals surface area contributed by atoms with E-state index in [0.717, 1.165) is 11.1 Å². The van der Waals surface area contributed by atoms with Gasteiger partial charge in [-0.05, 0) is 67.8 Å². The van der Waals surface area contributed by atoms with E-state index in [4.69, 9.17) is 0 Å². The maximum atomic E-state index is 13.0. The number of aryl methyl sites for hydroxylation is 3. The molecular weight excluding hydrogens is 277 g/mol. The first-order chi connectivity index (χ1) is 9.29. The summed E-state index contributed by atoms with van der Waals surface area (Å²) in [5.41, 5.74) is 2.85. The number of benzene rings is 2. The van der Waals surface area contributed by atoms with Crippen LogP contribution in [0.25, 0.3) is 0 Å². The van der Waals surface area contributed by atoms with Gasteiger partial charge < -0.3 is 0 Å². The van der Waals surface area contributed by atoms with Crippen molar-refractivity contribution in [2.75, 3.05) is 4.72 Å². The first-order valence-electron chi connectivity index (χ1n) is 6.16. The molecule has 0 saturated carbocycles. The summed E-state index contributed by atoms with van der Waals surface area (Å²) >= 11 is 0. The van der Waals surface area contributed by atoms with Gasteiger partial charge in [0.25, 0.3) is 10.0 Å². The normalized spacial score (nSPS) is 11.4. The quantitative estimate of drug-likeness (QED) is 0.940. The fraction of sp³-hybridized carbons (Fsp3) is 0.200. The minimum Gasteiger partial charge on any atom is -0.279 e. The Morgan fingerprint density at radius 3 is 2.20 bits per heavy atom. The summed E-state index contributed by atoms with van der Waals surface area (Å²) in [6.07, 6.45) is 0. The SMILES string of the molecule is Cc1ccc(S(=O)(=O)Nc2ccc(F)cc2C)cc1C. The smallest absolute Gasteiger partial charge is 0.261 e. The van der Waals surface area contributed by atoms with E-state index >= 15 is 0 Å². The van der Waals surface area contributed by atoms with Crippen LogP contribution in [0.15, 0.2) is 41.3 Å². The molecule has 5 heteroatoms. The Morgan fingerprint density at radius 1 is 0.900 bits per heavy atom. The molecule has 3 nitrogen and oxygen atoms in total. The van der Waals surface area contributed by atoms with Gasteiger partial charge in [-0.25, -0.2) is 12.8 Å². The lowest BCUT2D eigenvalue weighted by Gasteiger charge is -2.11. The zero-order valence-corrected chi connectivity index (χ0v) is 12.4. The van der Waals surface area contributed by atoms with E-state index in [1.54, 1.807) is 25.1 Å². The first-order valence-corrected chi connectivity index (χ1v) is 7.64. The zero-order valence-electron chi connectivity index (χ0n) is 11.6.